The molecular formula is C11H19BrN4. The van der Waals surface area contributed by atoms with Crippen molar-refractivity contribution in [3.8, 4) is 0 Å². The Hall–Kier alpha value is -0.390. The van der Waals surface area contributed by atoms with Crippen molar-refractivity contribution in [3.05, 3.63) is 16.4 Å². The van der Waals surface area contributed by atoms with Gasteiger partial charge in [0.1, 0.15) is 0 Å². The zero-order valence-electron chi connectivity index (χ0n) is 9.78. The highest BCUT2D eigenvalue weighted by Gasteiger charge is 2.29. The molecule has 90 valence electrons. The number of hydrazine groups is 1. The van der Waals surface area contributed by atoms with E-state index in [-0.39, 0.29) is 6.04 Å². The molecule has 0 aromatic carbocycles. The SMILES string of the molecule is CC(C)n1ncc(Br)c1C(CC1CC1)NN. The molecule has 1 atom stereocenters. The third-order valence-electron chi connectivity index (χ3n) is 3.07. The van der Waals surface area contributed by atoms with Gasteiger partial charge in [0.25, 0.3) is 0 Å². The van der Waals surface area contributed by atoms with Gasteiger partial charge in [0.15, 0.2) is 0 Å². The number of hydrogen-bond acceptors (Lipinski definition) is 3. The summed E-state index contributed by atoms with van der Waals surface area (Å²) in [6.07, 6.45) is 5.64. The van der Waals surface area contributed by atoms with E-state index in [0.29, 0.717) is 6.04 Å². The lowest BCUT2D eigenvalue weighted by atomic mass is 10.1. The van der Waals surface area contributed by atoms with Crippen LogP contribution in [0.2, 0.25) is 0 Å². The second kappa shape index (κ2) is 4.85. The molecule has 1 fully saturated rings. The molecule has 1 aromatic rings. The minimum Gasteiger partial charge on any atom is -0.271 e. The van der Waals surface area contributed by atoms with Crippen LogP contribution in [-0.4, -0.2) is 9.78 Å². The fourth-order valence-corrected chi connectivity index (χ4v) is 2.58. The molecule has 2 rings (SSSR count). The molecule has 0 bridgehead atoms. The van der Waals surface area contributed by atoms with Gasteiger partial charge < -0.3 is 0 Å². The standard InChI is InChI=1S/C11H19BrN4/c1-7(2)16-11(9(12)6-14-16)10(15-13)5-8-3-4-8/h6-8,10,15H,3-5,13H2,1-2H3. The van der Waals surface area contributed by atoms with Crippen LogP contribution in [0.5, 0.6) is 0 Å². The summed E-state index contributed by atoms with van der Waals surface area (Å²) in [5.41, 5.74) is 4.09. The molecule has 1 unspecified atom stereocenters. The maximum atomic E-state index is 5.67. The van der Waals surface area contributed by atoms with Crippen LogP contribution in [0.3, 0.4) is 0 Å². The maximum Gasteiger partial charge on any atom is 0.0712 e. The summed E-state index contributed by atoms with van der Waals surface area (Å²) in [6, 6.07) is 0.558. The van der Waals surface area contributed by atoms with E-state index in [9.17, 15) is 0 Å². The predicted octanol–water partition coefficient (Wildman–Crippen LogP) is 2.53. The van der Waals surface area contributed by atoms with Crippen molar-refractivity contribution >= 4 is 15.9 Å². The first-order chi connectivity index (χ1) is 7.63. The fraction of sp³-hybridized carbons (Fsp3) is 0.727. The summed E-state index contributed by atoms with van der Waals surface area (Å²) in [5, 5.41) is 4.39. The van der Waals surface area contributed by atoms with Gasteiger partial charge in [0.05, 0.1) is 22.4 Å². The molecule has 0 amide bonds. The first-order valence-electron chi connectivity index (χ1n) is 5.82. The van der Waals surface area contributed by atoms with Crippen LogP contribution < -0.4 is 11.3 Å². The first kappa shape index (κ1) is 12.1. The second-order valence-corrected chi connectivity index (χ2v) is 5.67. The topological polar surface area (TPSA) is 55.9 Å². The summed E-state index contributed by atoms with van der Waals surface area (Å²) in [4.78, 5) is 0. The number of rotatable bonds is 5. The molecular weight excluding hydrogens is 268 g/mol. The number of nitrogens with zero attached hydrogens (tertiary/aromatic N) is 2. The molecule has 1 aliphatic carbocycles. The van der Waals surface area contributed by atoms with Crippen LogP contribution in [0.4, 0.5) is 0 Å². The van der Waals surface area contributed by atoms with Crippen LogP contribution >= 0.6 is 15.9 Å². The van der Waals surface area contributed by atoms with E-state index in [1.165, 1.54) is 18.5 Å². The molecule has 1 heterocycles. The Balaban J connectivity index is 2.23. The van der Waals surface area contributed by atoms with Gasteiger partial charge in [-0.2, -0.15) is 5.10 Å². The highest BCUT2D eigenvalue weighted by atomic mass is 79.9. The quantitative estimate of drug-likeness (QED) is 0.646. The lowest BCUT2D eigenvalue weighted by Gasteiger charge is -2.20. The normalized spacial score (nSPS) is 18.1. The highest BCUT2D eigenvalue weighted by Crippen LogP contribution is 2.39. The third-order valence-corrected chi connectivity index (χ3v) is 3.68. The van der Waals surface area contributed by atoms with Crippen LogP contribution in [0.15, 0.2) is 10.7 Å². The van der Waals surface area contributed by atoms with Gasteiger partial charge in [0.2, 0.25) is 0 Å². The Morgan fingerprint density at radius 3 is 2.81 bits per heavy atom. The van der Waals surface area contributed by atoms with Gasteiger partial charge in [-0.25, -0.2) is 0 Å². The number of halogens is 1. The van der Waals surface area contributed by atoms with Gasteiger partial charge in [-0.05, 0) is 42.1 Å². The smallest absolute Gasteiger partial charge is 0.0712 e. The summed E-state index contributed by atoms with van der Waals surface area (Å²) in [7, 11) is 0. The van der Waals surface area contributed by atoms with E-state index in [4.69, 9.17) is 5.84 Å². The molecule has 1 aliphatic rings. The van der Waals surface area contributed by atoms with Crippen molar-refractivity contribution < 1.29 is 0 Å². The molecule has 0 saturated heterocycles. The fourth-order valence-electron chi connectivity index (χ4n) is 2.03. The molecule has 0 aliphatic heterocycles. The average molecular weight is 287 g/mol. The average Bonchev–Trinajstić information content (AvgIpc) is 2.97. The number of nitrogens with two attached hydrogens (primary N) is 1. The number of hydrogen-bond donors (Lipinski definition) is 2. The molecule has 16 heavy (non-hydrogen) atoms. The Labute approximate surface area is 105 Å². The molecule has 3 N–H and O–H groups in total. The van der Waals surface area contributed by atoms with Gasteiger partial charge >= 0.3 is 0 Å². The van der Waals surface area contributed by atoms with Crippen molar-refractivity contribution in [2.45, 2.75) is 45.2 Å². The Morgan fingerprint density at radius 2 is 2.31 bits per heavy atom. The molecule has 4 nitrogen and oxygen atoms in total. The van der Waals surface area contributed by atoms with Crippen molar-refractivity contribution in [1.82, 2.24) is 15.2 Å². The summed E-state index contributed by atoms with van der Waals surface area (Å²) >= 11 is 3.56. The summed E-state index contributed by atoms with van der Waals surface area (Å²) in [6.45, 7) is 4.27. The van der Waals surface area contributed by atoms with E-state index in [2.05, 4.69) is 40.3 Å². The number of nitrogens with one attached hydrogen (secondary N) is 1. The van der Waals surface area contributed by atoms with E-state index < -0.39 is 0 Å². The lowest BCUT2D eigenvalue weighted by Crippen LogP contribution is -2.31. The Kier molecular flexibility index (Phi) is 3.66. The van der Waals surface area contributed by atoms with E-state index in [1.54, 1.807) is 0 Å². The minimum absolute atomic E-state index is 0.201. The minimum atomic E-state index is 0.201. The second-order valence-electron chi connectivity index (χ2n) is 4.81. The molecule has 5 heteroatoms. The lowest BCUT2D eigenvalue weighted by molar-refractivity contribution is 0.418. The van der Waals surface area contributed by atoms with Gasteiger partial charge in [-0.15, -0.1) is 0 Å². The van der Waals surface area contributed by atoms with Crippen molar-refractivity contribution in [1.29, 1.82) is 0 Å². The largest absolute Gasteiger partial charge is 0.271 e. The van der Waals surface area contributed by atoms with Crippen molar-refractivity contribution in [2.24, 2.45) is 11.8 Å². The third kappa shape index (κ3) is 2.47. The zero-order valence-corrected chi connectivity index (χ0v) is 11.4. The van der Waals surface area contributed by atoms with Crippen LogP contribution in [0.25, 0.3) is 0 Å². The molecule has 0 radical (unpaired) electrons. The van der Waals surface area contributed by atoms with Gasteiger partial charge in [-0.1, -0.05) is 12.8 Å². The molecule has 0 spiro atoms. The molecule has 1 saturated carbocycles. The van der Waals surface area contributed by atoms with Crippen molar-refractivity contribution in [3.63, 3.8) is 0 Å². The number of aromatic nitrogens is 2. The summed E-state index contributed by atoms with van der Waals surface area (Å²) in [5.74, 6) is 6.50. The summed E-state index contributed by atoms with van der Waals surface area (Å²) < 4.78 is 3.08. The first-order valence-corrected chi connectivity index (χ1v) is 6.61. The van der Waals surface area contributed by atoms with Crippen LogP contribution in [0.1, 0.15) is 50.9 Å². The van der Waals surface area contributed by atoms with E-state index in [1.807, 2.05) is 10.9 Å². The predicted molar refractivity (Wildman–Crippen MR) is 67.7 cm³/mol. The Morgan fingerprint density at radius 1 is 1.62 bits per heavy atom. The zero-order chi connectivity index (χ0) is 11.7. The maximum absolute atomic E-state index is 5.67. The monoisotopic (exact) mass is 286 g/mol. The molecule has 1 aromatic heterocycles. The van der Waals surface area contributed by atoms with Gasteiger partial charge in [-0.3, -0.25) is 16.0 Å². The Bertz CT molecular complexity index is 357. The van der Waals surface area contributed by atoms with Crippen LogP contribution in [-0.2, 0) is 0 Å². The van der Waals surface area contributed by atoms with E-state index in [0.717, 1.165) is 16.8 Å². The highest BCUT2D eigenvalue weighted by molar-refractivity contribution is 9.10. The van der Waals surface area contributed by atoms with Crippen molar-refractivity contribution in [2.75, 3.05) is 0 Å². The van der Waals surface area contributed by atoms with E-state index >= 15 is 0 Å². The van der Waals surface area contributed by atoms with Crippen LogP contribution in [0, 0.1) is 5.92 Å². The van der Waals surface area contributed by atoms with Gasteiger partial charge in [0, 0.05) is 6.04 Å².